The van der Waals surface area contributed by atoms with Crippen LogP contribution in [0.1, 0.15) is 65.2 Å². The van der Waals surface area contributed by atoms with Crippen LogP contribution in [0.5, 0.6) is 0 Å². The number of benzene rings is 1. The molecule has 0 saturated carbocycles. The van der Waals surface area contributed by atoms with Gasteiger partial charge in [-0.2, -0.15) is 0 Å². The number of methoxy groups -OCH3 is 1. The van der Waals surface area contributed by atoms with Crippen molar-refractivity contribution in [3.63, 3.8) is 0 Å². The third kappa shape index (κ3) is 4.15. The van der Waals surface area contributed by atoms with Gasteiger partial charge in [-0.3, -0.25) is 0 Å². The van der Waals surface area contributed by atoms with Crippen molar-refractivity contribution in [2.45, 2.75) is 64.7 Å². The standard InChI is InChI=1S/C20H33O2PSSe/c1-18(2,3)14-10-15(19(4,5)12-21-8)17-16(11-14)20(6,7)13-22-23(17,25)24-9/h10-11H,12-13H2,1-9H3. The van der Waals surface area contributed by atoms with Gasteiger partial charge < -0.3 is 0 Å². The number of hydrogen-bond acceptors (Lipinski definition) is 3. The van der Waals surface area contributed by atoms with E-state index >= 15 is 0 Å². The fourth-order valence-corrected chi connectivity index (χ4v) is 8.78. The van der Waals surface area contributed by atoms with Crippen LogP contribution in [0.3, 0.4) is 0 Å². The summed E-state index contributed by atoms with van der Waals surface area (Å²) in [6.07, 6.45) is 2.16. The van der Waals surface area contributed by atoms with Crippen LogP contribution in [0.15, 0.2) is 12.1 Å². The fraction of sp³-hybridized carbons (Fsp3) is 0.700. The summed E-state index contributed by atoms with van der Waals surface area (Å²) in [4.78, 5) is -1.81. The second-order valence-electron chi connectivity index (χ2n) is 9.32. The molecule has 142 valence electrons. The second-order valence-corrected chi connectivity index (χ2v) is 18.8. The third-order valence-electron chi connectivity index (χ3n) is 5.05. The van der Waals surface area contributed by atoms with E-state index in [2.05, 4.69) is 82.0 Å². The first-order valence-electron chi connectivity index (χ1n) is 8.78. The predicted octanol–water partition coefficient (Wildman–Crippen LogP) is 5.14. The molecule has 1 unspecified atom stereocenters. The summed E-state index contributed by atoms with van der Waals surface area (Å²) in [5.74, 6) is 0. The van der Waals surface area contributed by atoms with Gasteiger partial charge in [-0.15, -0.1) is 0 Å². The van der Waals surface area contributed by atoms with E-state index in [9.17, 15) is 0 Å². The Morgan fingerprint density at radius 2 is 1.84 bits per heavy atom. The number of rotatable bonds is 4. The predicted molar refractivity (Wildman–Crippen MR) is 115 cm³/mol. The number of ether oxygens (including phenoxy) is 1. The van der Waals surface area contributed by atoms with Crippen LogP contribution in [-0.4, -0.2) is 41.7 Å². The summed E-state index contributed by atoms with van der Waals surface area (Å²) in [5, 5.41) is 1.41. The minimum atomic E-state index is -1.81. The number of fused-ring (bicyclic) bond motifs is 1. The van der Waals surface area contributed by atoms with E-state index in [4.69, 9.17) is 9.26 Å². The molecule has 25 heavy (non-hydrogen) atoms. The van der Waals surface area contributed by atoms with Gasteiger partial charge >= 0.3 is 166 Å². The average Bonchev–Trinajstić information content (AvgIpc) is 2.49. The van der Waals surface area contributed by atoms with Crippen LogP contribution in [0.4, 0.5) is 0 Å². The molecule has 1 aliphatic rings. The van der Waals surface area contributed by atoms with Gasteiger partial charge in [0.05, 0.1) is 0 Å². The van der Waals surface area contributed by atoms with Crippen LogP contribution in [0.25, 0.3) is 0 Å². The van der Waals surface area contributed by atoms with E-state index in [0.29, 0.717) is 6.61 Å². The molecule has 1 aromatic carbocycles. The molecule has 1 heterocycles. The Hall–Kier alpha value is 0.439. The zero-order chi connectivity index (χ0) is 19.3. The maximum atomic E-state index is 6.47. The molecule has 2 nitrogen and oxygen atoms in total. The van der Waals surface area contributed by atoms with Gasteiger partial charge in [0, 0.05) is 0 Å². The molecule has 5 heteroatoms. The summed E-state index contributed by atoms with van der Waals surface area (Å²) in [5.41, 5.74) is 4.28. The molecule has 0 aromatic heterocycles. The molecule has 0 N–H and O–H groups in total. The zero-order valence-electron chi connectivity index (χ0n) is 17.1. The molecule has 0 aliphatic carbocycles. The summed E-state index contributed by atoms with van der Waals surface area (Å²) in [6, 6.07) is 4.84. The van der Waals surface area contributed by atoms with Gasteiger partial charge in [-0.1, -0.05) is 0 Å². The second kappa shape index (κ2) is 7.12. The van der Waals surface area contributed by atoms with E-state index in [1.54, 1.807) is 7.11 Å². The van der Waals surface area contributed by atoms with E-state index in [0.717, 1.165) is 6.61 Å². The Labute approximate surface area is 165 Å². The molecule has 0 spiro atoms. The minimum absolute atomic E-state index is 0.0115. The Balaban J connectivity index is 2.92. The van der Waals surface area contributed by atoms with Crippen molar-refractivity contribution in [3.05, 3.63) is 28.8 Å². The third-order valence-corrected chi connectivity index (χ3v) is 14.0. The van der Waals surface area contributed by atoms with Crippen LogP contribution in [-0.2, 0) is 25.5 Å². The van der Waals surface area contributed by atoms with Crippen molar-refractivity contribution >= 4 is 36.7 Å². The van der Waals surface area contributed by atoms with Crippen molar-refractivity contribution in [1.82, 2.24) is 0 Å². The zero-order valence-corrected chi connectivity index (χ0v) is 20.6. The van der Waals surface area contributed by atoms with Gasteiger partial charge in [0.2, 0.25) is 0 Å². The fourth-order valence-electron chi connectivity index (χ4n) is 3.37. The van der Waals surface area contributed by atoms with E-state index in [1.165, 1.54) is 22.0 Å². The first-order valence-corrected chi connectivity index (χ1v) is 14.5. The first kappa shape index (κ1) is 21.7. The topological polar surface area (TPSA) is 18.5 Å². The van der Waals surface area contributed by atoms with Crippen molar-refractivity contribution in [1.29, 1.82) is 0 Å². The van der Waals surface area contributed by atoms with Crippen LogP contribution in [0.2, 0.25) is 0 Å². The molecule has 0 saturated heterocycles. The van der Waals surface area contributed by atoms with Crippen molar-refractivity contribution in [3.8, 4) is 0 Å². The summed E-state index contributed by atoms with van der Waals surface area (Å²) < 4.78 is 12.1. The summed E-state index contributed by atoms with van der Waals surface area (Å²) in [7, 11) is 1.79. The van der Waals surface area contributed by atoms with Gasteiger partial charge in [-0.05, 0) is 0 Å². The SMILES string of the molecule is COCC(C)(C)c1cc(C(C)(C)C)cc2c1P(=[Se])(SC)OCC2(C)C. The molecule has 1 aromatic rings. The van der Waals surface area contributed by atoms with E-state index < -0.39 is 4.94 Å². The van der Waals surface area contributed by atoms with Gasteiger partial charge in [0.15, 0.2) is 0 Å². The van der Waals surface area contributed by atoms with Crippen LogP contribution >= 0.6 is 16.3 Å². The molecule has 2 rings (SSSR count). The Morgan fingerprint density at radius 1 is 1.24 bits per heavy atom. The molecule has 0 amide bonds. The summed E-state index contributed by atoms with van der Waals surface area (Å²) >= 11 is 5.31. The monoisotopic (exact) mass is 448 g/mol. The Bertz CT molecular complexity index is 704. The van der Waals surface area contributed by atoms with Crippen LogP contribution in [0, 0.1) is 0 Å². The summed E-state index contributed by atoms with van der Waals surface area (Å²) in [6.45, 7) is 17.5. The van der Waals surface area contributed by atoms with Crippen molar-refractivity contribution in [2.75, 3.05) is 26.6 Å². The Kier molecular flexibility index (Phi) is 6.19. The molecule has 0 fully saturated rings. The van der Waals surface area contributed by atoms with E-state index in [-0.39, 0.29) is 16.2 Å². The maximum absolute atomic E-state index is 6.47. The Morgan fingerprint density at radius 3 is 2.32 bits per heavy atom. The molecule has 1 aliphatic heterocycles. The van der Waals surface area contributed by atoms with Gasteiger partial charge in [0.25, 0.3) is 0 Å². The molecule has 1 atom stereocenters. The van der Waals surface area contributed by atoms with Crippen molar-refractivity contribution in [2.24, 2.45) is 0 Å². The molecular weight excluding hydrogens is 414 g/mol. The van der Waals surface area contributed by atoms with E-state index in [1.807, 2.05) is 11.4 Å². The van der Waals surface area contributed by atoms with Gasteiger partial charge in [-0.25, -0.2) is 0 Å². The number of hydrogen-bond donors (Lipinski definition) is 0. The molecule has 0 bridgehead atoms. The quantitative estimate of drug-likeness (QED) is 0.471. The first-order chi connectivity index (χ1) is 11.3. The molecular formula is C20H33O2PSSe. The average molecular weight is 447 g/mol. The molecule has 0 radical (unpaired) electrons. The van der Waals surface area contributed by atoms with Crippen molar-refractivity contribution < 1.29 is 9.26 Å². The van der Waals surface area contributed by atoms with Crippen LogP contribution < -0.4 is 5.30 Å². The normalized spacial score (nSPS) is 23.4. The van der Waals surface area contributed by atoms with Gasteiger partial charge in [0.1, 0.15) is 0 Å².